The largest absolute Gasteiger partial charge is 0.278 e. The number of para-hydroxylation sites is 4. The van der Waals surface area contributed by atoms with E-state index in [1.165, 1.54) is 0 Å². The maximum Gasteiger partial charge on any atom is 0.240 e. The summed E-state index contributed by atoms with van der Waals surface area (Å²) in [5, 5.41) is -1.06. The second-order valence-corrected chi connectivity index (χ2v) is 14.5. The molecule has 0 unspecified atom stereocenters. The zero-order valence-corrected chi connectivity index (χ0v) is 32.4. The van der Waals surface area contributed by atoms with Gasteiger partial charge >= 0.3 is 0 Å². The van der Waals surface area contributed by atoms with E-state index in [0.29, 0.717) is 5.56 Å². The minimum absolute atomic E-state index is 0.147. The Morgan fingerprint density at radius 1 is 0.306 bits per heavy atom. The molecular weight excluding hydrogens is 755 g/mol. The first-order valence-corrected chi connectivity index (χ1v) is 19.6. The molecule has 0 amide bonds. The van der Waals surface area contributed by atoms with Crippen LogP contribution in [0.2, 0.25) is 0 Å². The summed E-state index contributed by atoms with van der Waals surface area (Å²) in [7, 11) is 0. The van der Waals surface area contributed by atoms with Crippen LogP contribution in [0, 0.1) is 0 Å². The van der Waals surface area contributed by atoms with Crippen LogP contribution in [0.15, 0.2) is 224 Å². The van der Waals surface area contributed by atoms with Crippen LogP contribution in [0.3, 0.4) is 0 Å². The smallest absolute Gasteiger partial charge is 0.240 e. The van der Waals surface area contributed by atoms with E-state index in [2.05, 4.69) is 42.5 Å². The van der Waals surface area contributed by atoms with E-state index in [-0.39, 0.29) is 49.4 Å². The first-order chi connectivity index (χ1) is 37.4. The third-order valence-corrected chi connectivity index (χ3v) is 10.9. The average molecular weight is 808 g/mol. The molecule has 0 radical (unpaired) electrons. The van der Waals surface area contributed by atoms with Gasteiger partial charge in [0.25, 0.3) is 0 Å². The standard InChI is InChI=1S/C57H37N5/c1-3-17-38(18-4-1)42-35-43(39-19-5-2-6-20-39)37-44(36-42)46-22-8-7-21-45(46)40-31-33-41(34-32-40)55-58-56(61-51-27-13-9-23-47(51)48-24-10-14-28-52(48)61)60-57(59-55)62-53-29-15-11-25-49(53)50-26-12-16-30-54(50)62/h1-37H/i9D,10D,11D,12D,13D,14D,15D,16D,23D,24D,25D,26D,27D,28D,29D,30D. The molecule has 290 valence electrons. The Morgan fingerprint density at radius 2 is 0.661 bits per heavy atom. The summed E-state index contributed by atoms with van der Waals surface area (Å²) >= 11 is 0. The maximum atomic E-state index is 9.24. The molecule has 0 bridgehead atoms. The van der Waals surface area contributed by atoms with Crippen molar-refractivity contribution in [3.8, 4) is 67.8 Å². The van der Waals surface area contributed by atoms with Crippen molar-refractivity contribution in [1.29, 1.82) is 0 Å². The highest BCUT2D eigenvalue weighted by molar-refractivity contribution is 6.10. The van der Waals surface area contributed by atoms with Crippen LogP contribution < -0.4 is 0 Å². The number of fused-ring (bicyclic) bond motifs is 6. The molecule has 12 aromatic rings. The van der Waals surface area contributed by atoms with Gasteiger partial charge in [0.1, 0.15) is 0 Å². The van der Waals surface area contributed by atoms with Crippen molar-refractivity contribution in [2.45, 2.75) is 0 Å². The fourth-order valence-corrected chi connectivity index (χ4v) is 8.09. The SMILES string of the molecule is [2H]c1c([2H])c([2H])c2c(c1[2H])c1c([2H])c([2H])c([2H])c([2H])c1n2-c1nc(-c2ccc(-c3ccccc3-c3cc(-c4ccccc4)cc(-c4ccccc4)c3)cc2)nc(-n2c3c([2H])c([2H])c([2H])c([2H])c3c3c([2H])c([2H])c([2H])c([2H])c32)n1. The van der Waals surface area contributed by atoms with Crippen molar-refractivity contribution >= 4 is 43.6 Å². The maximum absolute atomic E-state index is 9.24. The van der Waals surface area contributed by atoms with Crippen LogP contribution in [0.5, 0.6) is 0 Å². The number of rotatable bonds is 7. The molecule has 5 heteroatoms. The predicted molar refractivity (Wildman–Crippen MR) is 256 cm³/mol. The van der Waals surface area contributed by atoms with Crippen molar-refractivity contribution in [1.82, 2.24) is 24.1 Å². The minimum Gasteiger partial charge on any atom is -0.278 e. The molecule has 0 aliphatic carbocycles. The van der Waals surface area contributed by atoms with Gasteiger partial charge < -0.3 is 0 Å². The number of hydrogen-bond acceptors (Lipinski definition) is 3. The van der Waals surface area contributed by atoms with Crippen molar-refractivity contribution in [2.75, 3.05) is 0 Å². The number of aromatic nitrogens is 5. The Morgan fingerprint density at radius 3 is 1.10 bits per heavy atom. The Balaban J connectivity index is 1.14. The van der Waals surface area contributed by atoms with Gasteiger partial charge in [0.15, 0.2) is 5.82 Å². The van der Waals surface area contributed by atoms with E-state index in [0.717, 1.165) is 53.6 Å². The first kappa shape index (κ1) is 22.8. The molecular formula is C57H37N5. The van der Waals surface area contributed by atoms with Gasteiger partial charge in [-0.3, -0.25) is 9.13 Å². The Kier molecular flexibility index (Phi) is 5.41. The summed E-state index contributed by atoms with van der Waals surface area (Å²) in [6.07, 6.45) is 0. The molecule has 0 aliphatic heterocycles. The van der Waals surface area contributed by atoms with Gasteiger partial charge in [-0.15, -0.1) is 0 Å². The van der Waals surface area contributed by atoms with Gasteiger partial charge in [-0.25, -0.2) is 0 Å². The topological polar surface area (TPSA) is 48.5 Å². The van der Waals surface area contributed by atoms with Gasteiger partial charge in [-0.2, -0.15) is 15.0 Å². The normalized spacial score (nSPS) is 15.2. The van der Waals surface area contributed by atoms with E-state index in [9.17, 15) is 5.48 Å². The second-order valence-electron chi connectivity index (χ2n) is 14.5. The van der Waals surface area contributed by atoms with E-state index in [1.54, 1.807) is 12.1 Å². The lowest BCUT2D eigenvalue weighted by Crippen LogP contribution is -2.10. The third-order valence-electron chi connectivity index (χ3n) is 10.9. The molecule has 62 heavy (non-hydrogen) atoms. The molecule has 3 heterocycles. The highest BCUT2D eigenvalue weighted by atomic mass is 15.3. The lowest BCUT2D eigenvalue weighted by atomic mass is 9.89. The van der Waals surface area contributed by atoms with Gasteiger partial charge in [-0.1, -0.05) is 182 Å². The van der Waals surface area contributed by atoms with Gasteiger partial charge in [0.2, 0.25) is 11.9 Å². The summed E-state index contributed by atoms with van der Waals surface area (Å²) in [4.78, 5) is 14.5. The zero-order chi connectivity index (χ0) is 54.9. The summed E-state index contributed by atoms with van der Waals surface area (Å²) in [6, 6.07) is 31.2. The third kappa shape index (κ3) is 5.98. The fourth-order valence-electron chi connectivity index (χ4n) is 8.09. The van der Waals surface area contributed by atoms with Crippen LogP contribution in [-0.4, -0.2) is 24.1 Å². The Bertz CT molecular complexity index is 4170. The lowest BCUT2D eigenvalue weighted by Gasteiger charge is -2.15. The molecule has 0 atom stereocenters. The summed E-state index contributed by atoms with van der Waals surface area (Å²) < 4.78 is 145. The summed E-state index contributed by atoms with van der Waals surface area (Å²) in [6.45, 7) is 0. The second kappa shape index (κ2) is 14.7. The molecule has 0 spiro atoms. The molecule has 0 saturated carbocycles. The van der Waals surface area contributed by atoms with E-state index >= 15 is 0 Å². The highest BCUT2D eigenvalue weighted by Crippen LogP contribution is 2.39. The van der Waals surface area contributed by atoms with E-state index in [1.807, 2.05) is 72.8 Å². The molecule has 0 saturated heterocycles. The molecule has 0 fully saturated rings. The minimum atomic E-state index is -0.699. The van der Waals surface area contributed by atoms with Crippen molar-refractivity contribution < 1.29 is 21.9 Å². The van der Waals surface area contributed by atoms with Crippen LogP contribution in [0.4, 0.5) is 0 Å². The van der Waals surface area contributed by atoms with Crippen LogP contribution in [0.25, 0.3) is 111 Å². The van der Waals surface area contributed by atoms with Crippen molar-refractivity contribution in [3.63, 3.8) is 0 Å². The van der Waals surface area contributed by atoms with Crippen LogP contribution in [0.1, 0.15) is 21.9 Å². The molecule has 9 aromatic carbocycles. The average Bonchev–Trinajstić information content (AvgIpc) is 3.86. The summed E-state index contributed by atoms with van der Waals surface area (Å²) in [5.74, 6) is -1.08. The molecule has 3 aromatic heterocycles. The quantitative estimate of drug-likeness (QED) is 0.161. The highest BCUT2D eigenvalue weighted by Gasteiger charge is 2.21. The van der Waals surface area contributed by atoms with Crippen molar-refractivity contribution in [3.05, 3.63) is 224 Å². The van der Waals surface area contributed by atoms with E-state index < -0.39 is 109 Å². The molecule has 0 N–H and O–H groups in total. The zero-order valence-electron chi connectivity index (χ0n) is 48.4. The Hall–Kier alpha value is -8.41. The number of benzene rings is 9. The molecule has 0 aliphatic rings. The monoisotopic (exact) mass is 807 g/mol. The van der Waals surface area contributed by atoms with Crippen molar-refractivity contribution in [2.24, 2.45) is 0 Å². The van der Waals surface area contributed by atoms with Gasteiger partial charge in [0.05, 0.1) is 44.0 Å². The van der Waals surface area contributed by atoms with Gasteiger partial charge in [0, 0.05) is 27.1 Å². The lowest BCUT2D eigenvalue weighted by molar-refractivity contribution is 0.893. The van der Waals surface area contributed by atoms with Crippen LogP contribution in [-0.2, 0) is 0 Å². The summed E-state index contributed by atoms with van der Waals surface area (Å²) in [5.41, 5.74) is 6.65. The Labute approximate surface area is 381 Å². The number of nitrogens with zero attached hydrogens (tertiary/aromatic N) is 5. The molecule has 12 rings (SSSR count). The number of hydrogen-bond donors (Lipinski definition) is 0. The van der Waals surface area contributed by atoms with E-state index in [4.69, 9.17) is 31.4 Å². The fraction of sp³-hybridized carbons (Fsp3) is 0. The predicted octanol–water partition coefficient (Wildman–Crippen LogP) is 14.4. The van der Waals surface area contributed by atoms with Crippen LogP contribution >= 0.6 is 0 Å². The molecule has 5 nitrogen and oxygen atoms in total. The first-order valence-electron chi connectivity index (χ1n) is 27.6. The van der Waals surface area contributed by atoms with Gasteiger partial charge in [-0.05, 0) is 86.9 Å².